The van der Waals surface area contributed by atoms with E-state index in [1.54, 1.807) is 12.1 Å². The monoisotopic (exact) mass is 506 g/mol. The third-order valence-corrected chi connectivity index (χ3v) is 6.06. The number of aromatic carboxylic acids is 2. The summed E-state index contributed by atoms with van der Waals surface area (Å²) in [7, 11) is 0. The lowest BCUT2D eigenvalue weighted by Crippen LogP contribution is -2.29. The molecule has 0 unspecified atom stereocenters. The molecule has 9 heteroatoms. The molecule has 5 rings (SSSR count). The van der Waals surface area contributed by atoms with Gasteiger partial charge in [0.15, 0.2) is 0 Å². The van der Waals surface area contributed by atoms with Gasteiger partial charge in [0, 0.05) is 16.8 Å². The quantitative estimate of drug-likeness (QED) is 0.319. The summed E-state index contributed by atoms with van der Waals surface area (Å²) in [6.07, 6.45) is 0. The summed E-state index contributed by atoms with van der Waals surface area (Å²) in [5.41, 5.74) is 1.44. The molecule has 186 valence electrons. The van der Waals surface area contributed by atoms with Crippen molar-refractivity contribution >= 4 is 41.0 Å². The van der Waals surface area contributed by atoms with Crippen molar-refractivity contribution in [1.82, 2.24) is 0 Å². The Hall–Kier alpha value is -5.57. The van der Waals surface area contributed by atoms with Gasteiger partial charge in [0.1, 0.15) is 0 Å². The van der Waals surface area contributed by atoms with Gasteiger partial charge in [-0.3, -0.25) is 14.4 Å². The third-order valence-electron chi connectivity index (χ3n) is 6.06. The molecule has 38 heavy (non-hydrogen) atoms. The number of hydrogen-bond donors (Lipinski definition) is 3. The number of para-hydroxylation sites is 1. The van der Waals surface area contributed by atoms with Gasteiger partial charge in [-0.25, -0.2) is 14.5 Å². The summed E-state index contributed by atoms with van der Waals surface area (Å²) in [5, 5.41) is 21.0. The summed E-state index contributed by atoms with van der Waals surface area (Å²) in [6, 6.07) is 23.6. The van der Waals surface area contributed by atoms with Crippen molar-refractivity contribution in [2.45, 2.75) is 0 Å². The number of carbonyl (C=O) groups excluding carboxylic acids is 3. The Morgan fingerprint density at radius 2 is 1.21 bits per heavy atom. The Balaban J connectivity index is 1.47. The number of imide groups is 1. The zero-order valence-electron chi connectivity index (χ0n) is 19.5. The largest absolute Gasteiger partial charge is 0.478 e. The molecule has 0 bridgehead atoms. The van der Waals surface area contributed by atoms with Crippen LogP contribution in [0.2, 0.25) is 0 Å². The maximum absolute atomic E-state index is 13.4. The second kappa shape index (κ2) is 9.47. The number of benzene rings is 4. The van der Waals surface area contributed by atoms with Crippen molar-refractivity contribution in [3.63, 3.8) is 0 Å². The number of fused-ring (bicyclic) bond motifs is 1. The van der Waals surface area contributed by atoms with Gasteiger partial charge in [0.25, 0.3) is 17.7 Å². The van der Waals surface area contributed by atoms with Gasteiger partial charge in [0.2, 0.25) is 0 Å². The van der Waals surface area contributed by atoms with Crippen LogP contribution in [-0.2, 0) is 0 Å². The minimum Gasteiger partial charge on any atom is -0.478 e. The van der Waals surface area contributed by atoms with Gasteiger partial charge < -0.3 is 15.5 Å². The van der Waals surface area contributed by atoms with E-state index >= 15 is 0 Å². The highest BCUT2D eigenvalue weighted by molar-refractivity contribution is 6.35. The fraction of sp³-hybridized carbons (Fsp3) is 0. The topological polar surface area (TPSA) is 141 Å². The number of carbonyl (C=O) groups is 5. The second-order valence-corrected chi connectivity index (χ2v) is 8.45. The number of nitrogens with zero attached hydrogens (tertiary/aromatic N) is 1. The summed E-state index contributed by atoms with van der Waals surface area (Å²) < 4.78 is 0. The van der Waals surface area contributed by atoms with Gasteiger partial charge >= 0.3 is 11.9 Å². The van der Waals surface area contributed by atoms with E-state index in [1.165, 1.54) is 18.2 Å². The molecule has 0 aliphatic carbocycles. The lowest BCUT2D eigenvalue weighted by molar-refractivity contribution is 0.0695. The van der Waals surface area contributed by atoms with Crippen molar-refractivity contribution < 1.29 is 34.2 Å². The zero-order valence-corrected chi connectivity index (χ0v) is 19.5. The molecule has 0 spiro atoms. The van der Waals surface area contributed by atoms with E-state index in [0.29, 0.717) is 11.3 Å². The van der Waals surface area contributed by atoms with Crippen molar-refractivity contribution in [3.8, 4) is 11.1 Å². The molecular weight excluding hydrogens is 488 g/mol. The zero-order chi connectivity index (χ0) is 27.0. The Morgan fingerprint density at radius 3 is 1.87 bits per heavy atom. The molecule has 1 heterocycles. The first-order chi connectivity index (χ1) is 18.2. The predicted octanol–water partition coefficient (Wildman–Crippen LogP) is 4.80. The molecule has 0 saturated carbocycles. The number of carboxylic acids is 2. The van der Waals surface area contributed by atoms with Gasteiger partial charge in [-0.05, 0) is 48.0 Å². The maximum atomic E-state index is 13.4. The molecule has 0 atom stereocenters. The van der Waals surface area contributed by atoms with Crippen LogP contribution in [0.25, 0.3) is 11.1 Å². The fourth-order valence-electron chi connectivity index (χ4n) is 4.28. The van der Waals surface area contributed by atoms with Crippen LogP contribution in [-0.4, -0.2) is 39.9 Å². The van der Waals surface area contributed by atoms with E-state index in [9.17, 15) is 34.2 Å². The lowest BCUT2D eigenvalue weighted by Gasteiger charge is -2.18. The standard InChI is InChI=1S/C29H18N2O7/c32-25(30-20-13-18(28(35)36)12-19(14-20)29(37)38)17-10-11-22-23(15-17)27(34)31(26(22)33)24-9-5-4-8-21(24)16-6-2-1-3-7-16/h1-15H,(H,30,32)(H,35,36)(H,37,38). The van der Waals surface area contributed by atoms with Crippen LogP contribution < -0.4 is 10.2 Å². The second-order valence-electron chi connectivity index (χ2n) is 8.45. The molecule has 0 saturated heterocycles. The maximum Gasteiger partial charge on any atom is 0.335 e. The van der Waals surface area contributed by atoms with Gasteiger partial charge in [-0.15, -0.1) is 0 Å². The Kier molecular flexibility index (Phi) is 6.02. The molecule has 0 fully saturated rings. The van der Waals surface area contributed by atoms with Crippen molar-refractivity contribution in [3.05, 3.63) is 119 Å². The summed E-state index contributed by atoms with van der Waals surface area (Å²) in [4.78, 5) is 63.4. The van der Waals surface area contributed by atoms with Crippen molar-refractivity contribution in [1.29, 1.82) is 0 Å². The average molecular weight is 506 g/mol. The van der Waals surface area contributed by atoms with E-state index in [4.69, 9.17) is 0 Å². The van der Waals surface area contributed by atoms with E-state index in [1.807, 2.05) is 42.5 Å². The van der Waals surface area contributed by atoms with E-state index in [-0.39, 0.29) is 33.5 Å². The normalized spacial score (nSPS) is 12.3. The first-order valence-corrected chi connectivity index (χ1v) is 11.3. The van der Waals surface area contributed by atoms with Gasteiger partial charge in [0.05, 0.1) is 27.9 Å². The van der Waals surface area contributed by atoms with Crippen LogP contribution >= 0.6 is 0 Å². The number of carboxylic acid groups (broad SMARTS) is 2. The smallest absolute Gasteiger partial charge is 0.335 e. The van der Waals surface area contributed by atoms with Gasteiger partial charge in [-0.2, -0.15) is 0 Å². The average Bonchev–Trinajstić information content (AvgIpc) is 3.17. The van der Waals surface area contributed by atoms with E-state index in [0.717, 1.165) is 28.7 Å². The SMILES string of the molecule is O=C(O)c1cc(NC(=O)c2ccc3c(c2)C(=O)N(c2ccccc2-c2ccccc2)C3=O)cc(C(=O)O)c1. The molecule has 1 aliphatic rings. The van der Waals surface area contributed by atoms with Crippen LogP contribution in [0.1, 0.15) is 51.8 Å². The minimum absolute atomic E-state index is 0.0284. The third kappa shape index (κ3) is 4.28. The highest BCUT2D eigenvalue weighted by Crippen LogP contribution is 2.36. The highest BCUT2D eigenvalue weighted by atomic mass is 16.4. The predicted molar refractivity (Wildman–Crippen MR) is 138 cm³/mol. The Bertz CT molecular complexity index is 1630. The molecule has 0 aromatic heterocycles. The highest BCUT2D eigenvalue weighted by Gasteiger charge is 2.38. The van der Waals surface area contributed by atoms with Crippen LogP contribution in [0.5, 0.6) is 0 Å². The molecule has 1 aliphatic heterocycles. The molecular formula is C29H18N2O7. The Labute approximate surface area is 215 Å². The molecule has 3 amide bonds. The summed E-state index contributed by atoms with van der Waals surface area (Å²) in [6.45, 7) is 0. The number of amides is 3. The first kappa shape index (κ1) is 24.1. The summed E-state index contributed by atoms with van der Waals surface area (Å²) in [5.74, 6) is -4.55. The molecule has 3 N–H and O–H groups in total. The van der Waals surface area contributed by atoms with Crippen molar-refractivity contribution in [2.75, 3.05) is 10.2 Å². The van der Waals surface area contributed by atoms with Crippen LogP contribution in [0.15, 0.2) is 91.0 Å². The van der Waals surface area contributed by atoms with Crippen LogP contribution in [0.4, 0.5) is 11.4 Å². The number of hydrogen-bond acceptors (Lipinski definition) is 5. The number of anilines is 2. The van der Waals surface area contributed by atoms with Crippen LogP contribution in [0, 0.1) is 0 Å². The van der Waals surface area contributed by atoms with Crippen molar-refractivity contribution in [2.24, 2.45) is 0 Å². The van der Waals surface area contributed by atoms with Crippen LogP contribution in [0.3, 0.4) is 0 Å². The molecule has 4 aromatic rings. The molecule has 4 aromatic carbocycles. The van der Waals surface area contributed by atoms with E-state index < -0.39 is 29.7 Å². The minimum atomic E-state index is -1.36. The molecule has 0 radical (unpaired) electrons. The van der Waals surface area contributed by atoms with E-state index in [2.05, 4.69) is 5.32 Å². The number of nitrogens with one attached hydrogen (secondary N) is 1. The van der Waals surface area contributed by atoms with Gasteiger partial charge in [-0.1, -0.05) is 48.5 Å². The Morgan fingerprint density at radius 1 is 0.605 bits per heavy atom. The molecule has 9 nitrogen and oxygen atoms in total. The number of rotatable bonds is 6. The first-order valence-electron chi connectivity index (χ1n) is 11.3. The summed E-state index contributed by atoms with van der Waals surface area (Å²) >= 11 is 0. The lowest BCUT2D eigenvalue weighted by atomic mass is 10.0. The fourth-order valence-corrected chi connectivity index (χ4v) is 4.28.